The van der Waals surface area contributed by atoms with Crippen LogP contribution in [0.2, 0.25) is 0 Å². The summed E-state index contributed by atoms with van der Waals surface area (Å²) in [6.07, 6.45) is 3.07. The van der Waals surface area contributed by atoms with Crippen LogP contribution in [0.25, 0.3) is 5.57 Å². The molecule has 0 saturated heterocycles. The molecular weight excluding hydrogens is 230 g/mol. The molecule has 0 radical (unpaired) electrons. The average molecular weight is 247 g/mol. The second-order valence-electron chi connectivity index (χ2n) is 4.40. The summed E-state index contributed by atoms with van der Waals surface area (Å²) in [5, 5.41) is 10.9. The fourth-order valence-electron chi connectivity index (χ4n) is 2.16. The Morgan fingerprint density at radius 1 is 1.50 bits per heavy atom. The number of hydrogen-bond donors (Lipinski definition) is 1. The van der Waals surface area contributed by atoms with E-state index in [0.717, 1.165) is 31.6 Å². The van der Waals surface area contributed by atoms with Crippen molar-refractivity contribution in [2.24, 2.45) is 0 Å². The number of nitrogens with two attached hydrogens (primary N) is 1. The monoisotopic (exact) mass is 247 g/mol. The predicted octanol–water partition coefficient (Wildman–Crippen LogP) is 2.29. The molecule has 96 valence electrons. The van der Waals surface area contributed by atoms with Crippen LogP contribution in [0.15, 0.2) is 24.3 Å². The lowest BCUT2D eigenvalue weighted by Gasteiger charge is -2.24. The molecule has 1 aromatic rings. The maximum atomic E-state index is 10.9. The summed E-state index contributed by atoms with van der Waals surface area (Å²) in [6.45, 7) is 5.07. The third kappa shape index (κ3) is 2.51. The molecule has 5 heteroatoms. The van der Waals surface area contributed by atoms with Crippen LogP contribution < -0.4 is 5.73 Å². The first-order chi connectivity index (χ1) is 8.61. The van der Waals surface area contributed by atoms with Gasteiger partial charge in [0, 0.05) is 19.2 Å². The number of hydrogen-bond acceptors (Lipinski definition) is 4. The highest BCUT2D eigenvalue weighted by molar-refractivity contribution is 5.72. The number of likely N-dealkylation sites (N-methyl/N-ethyl adjacent to an activating group) is 1. The lowest BCUT2D eigenvalue weighted by Crippen LogP contribution is -2.28. The van der Waals surface area contributed by atoms with Crippen molar-refractivity contribution < 1.29 is 4.92 Å². The van der Waals surface area contributed by atoms with E-state index in [1.165, 1.54) is 5.57 Å². The Balaban J connectivity index is 2.27. The lowest BCUT2D eigenvalue weighted by atomic mass is 9.98. The first kappa shape index (κ1) is 12.6. The van der Waals surface area contributed by atoms with Gasteiger partial charge in [0.2, 0.25) is 0 Å². The van der Waals surface area contributed by atoms with Crippen molar-refractivity contribution in [2.75, 3.05) is 25.4 Å². The fraction of sp³-hybridized carbons (Fsp3) is 0.385. The van der Waals surface area contributed by atoms with E-state index in [-0.39, 0.29) is 11.4 Å². The van der Waals surface area contributed by atoms with Crippen molar-refractivity contribution in [2.45, 2.75) is 13.3 Å². The Morgan fingerprint density at radius 2 is 2.28 bits per heavy atom. The van der Waals surface area contributed by atoms with Gasteiger partial charge >= 0.3 is 0 Å². The van der Waals surface area contributed by atoms with Crippen LogP contribution in [-0.2, 0) is 0 Å². The molecule has 1 aliphatic rings. The number of nitro groups is 1. The molecule has 1 aliphatic heterocycles. The Hall–Kier alpha value is -1.88. The van der Waals surface area contributed by atoms with Gasteiger partial charge in [0.25, 0.3) is 5.69 Å². The van der Waals surface area contributed by atoms with Crippen molar-refractivity contribution in [3.8, 4) is 0 Å². The van der Waals surface area contributed by atoms with E-state index >= 15 is 0 Å². The van der Waals surface area contributed by atoms with E-state index in [1.807, 2.05) is 6.07 Å². The zero-order chi connectivity index (χ0) is 13.1. The highest BCUT2D eigenvalue weighted by atomic mass is 16.6. The van der Waals surface area contributed by atoms with Crippen molar-refractivity contribution in [3.63, 3.8) is 0 Å². The number of nitrogen functional groups attached to an aromatic ring is 1. The molecular formula is C13H17N3O2. The van der Waals surface area contributed by atoms with Gasteiger partial charge in [0.15, 0.2) is 0 Å². The van der Waals surface area contributed by atoms with Crippen LogP contribution in [-0.4, -0.2) is 29.5 Å². The summed E-state index contributed by atoms with van der Waals surface area (Å²) in [5.74, 6) is 0. The van der Waals surface area contributed by atoms with Gasteiger partial charge in [0.05, 0.1) is 4.92 Å². The smallest absolute Gasteiger partial charge is 0.292 e. The van der Waals surface area contributed by atoms with Crippen molar-refractivity contribution in [3.05, 3.63) is 40.0 Å². The Bertz CT molecular complexity index is 497. The molecule has 0 spiro atoms. The number of benzene rings is 1. The standard InChI is InChI=1S/C13H17N3O2/c1-2-15-7-5-10(6-8-15)11-3-4-12(14)13(9-11)16(17)18/h3-5,9H,2,6-8,14H2,1H3. The number of anilines is 1. The zero-order valence-electron chi connectivity index (χ0n) is 10.4. The lowest BCUT2D eigenvalue weighted by molar-refractivity contribution is -0.383. The molecule has 18 heavy (non-hydrogen) atoms. The molecule has 0 bridgehead atoms. The minimum absolute atomic E-state index is 0.00804. The number of nitrogens with zero attached hydrogens (tertiary/aromatic N) is 2. The summed E-state index contributed by atoms with van der Waals surface area (Å²) >= 11 is 0. The topological polar surface area (TPSA) is 72.4 Å². The quantitative estimate of drug-likeness (QED) is 0.505. The molecule has 1 aromatic carbocycles. The van der Waals surface area contributed by atoms with Gasteiger partial charge in [-0.25, -0.2) is 0 Å². The third-order valence-corrected chi connectivity index (χ3v) is 3.34. The van der Waals surface area contributed by atoms with Crippen LogP contribution in [0, 0.1) is 10.1 Å². The summed E-state index contributed by atoms with van der Waals surface area (Å²) < 4.78 is 0. The zero-order valence-corrected chi connectivity index (χ0v) is 10.4. The molecule has 0 amide bonds. The van der Waals surface area contributed by atoms with Gasteiger partial charge in [-0.2, -0.15) is 0 Å². The summed E-state index contributed by atoms with van der Waals surface area (Å²) in [7, 11) is 0. The van der Waals surface area contributed by atoms with Gasteiger partial charge in [-0.15, -0.1) is 0 Å². The second-order valence-corrected chi connectivity index (χ2v) is 4.40. The number of nitro benzene ring substituents is 1. The minimum atomic E-state index is -0.430. The highest BCUT2D eigenvalue weighted by Gasteiger charge is 2.16. The van der Waals surface area contributed by atoms with Crippen molar-refractivity contribution in [1.29, 1.82) is 0 Å². The molecule has 2 N–H and O–H groups in total. The Morgan fingerprint density at radius 3 is 2.83 bits per heavy atom. The highest BCUT2D eigenvalue weighted by Crippen LogP contribution is 2.29. The summed E-state index contributed by atoms with van der Waals surface area (Å²) in [6, 6.07) is 5.04. The van der Waals surface area contributed by atoms with E-state index in [2.05, 4.69) is 17.9 Å². The Kier molecular flexibility index (Phi) is 3.62. The van der Waals surface area contributed by atoms with Crippen LogP contribution in [0.4, 0.5) is 11.4 Å². The van der Waals surface area contributed by atoms with E-state index < -0.39 is 4.92 Å². The van der Waals surface area contributed by atoms with E-state index in [0.29, 0.717) is 0 Å². The van der Waals surface area contributed by atoms with Gasteiger partial charge in [-0.05, 0) is 30.2 Å². The van der Waals surface area contributed by atoms with E-state index in [9.17, 15) is 10.1 Å². The van der Waals surface area contributed by atoms with Gasteiger partial charge in [0.1, 0.15) is 5.69 Å². The number of rotatable bonds is 3. The molecule has 0 atom stereocenters. The maximum Gasteiger partial charge on any atom is 0.292 e. The van der Waals surface area contributed by atoms with Gasteiger partial charge < -0.3 is 5.73 Å². The molecule has 1 heterocycles. The van der Waals surface area contributed by atoms with Crippen LogP contribution in [0.3, 0.4) is 0 Å². The van der Waals surface area contributed by atoms with Gasteiger partial charge in [-0.1, -0.05) is 19.1 Å². The summed E-state index contributed by atoms with van der Waals surface area (Å²) in [5.41, 5.74) is 7.88. The Labute approximate surface area is 106 Å². The van der Waals surface area contributed by atoms with E-state index in [1.54, 1.807) is 12.1 Å². The normalized spacial score (nSPS) is 16.4. The van der Waals surface area contributed by atoms with Crippen molar-refractivity contribution in [1.82, 2.24) is 4.90 Å². The summed E-state index contributed by atoms with van der Waals surface area (Å²) in [4.78, 5) is 12.8. The van der Waals surface area contributed by atoms with Crippen LogP contribution in [0.5, 0.6) is 0 Å². The molecule has 5 nitrogen and oxygen atoms in total. The van der Waals surface area contributed by atoms with Gasteiger partial charge in [-0.3, -0.25) is 15.0 Å². The molecule has 0 saturated carbocycles. The SMILES string of the molecule is CCN1CC=C(c2ccc(N)c([N+](=O)[O-])c2)CC1. The minimum Gasteiger partial charge on any atom is -0.393 e. The fourth-order valence-corrected chi connectivity index (χ4v) is 2.16. The molecule has 0 aliphatic carbocycles. The molecule has 0 aromatic heterocycles. The second kappa shape index (κ2) is 5.18. The first-order valence-corrected chi connectivity index (χ1v) is 6.07. The molecule has 0 unspecified atom stereocenters. The molecule has 0 fully saturated rings. The predicted molar refractivity (Wildman–Crippen MR) is 72.2 cm³/mol. The van der Waals surface area contributed by atoms with Crippen LogP contribution >= 0.6 is 0 Å². The maximum absolute atomic E-state index is 10.9. The third-order valence-electron chi connectivity index (χ3n) is 3.34. The van der Waals surface area contributed by atoms with E-state index in [4.69, 9.17) is 5.73 Å². The van der Waals surface area contributed by atoms with Crippen molar-refractivity contribution >= 4 is 16.9 Å². The largest absolute Gasteiger partial charge is 0.393 e. The first-order valence-electron chi connectivity index (χ1n) is 6.07. The van der Waals surface area contributed by atoms with Crippen LogP contribution in [0.1, 0.15) is 18.9 Å². The average Bonchev–Trinajstić information content (AvgIpc) is 2.39. The molecule has 2 rings (SSSR count).